The molecule has 9 nitrogen and oxygen atoms in total. The summed E-state index contributed by atoms with van der Waals surface area (Å²) in [5.74, 6) is 1.16. The van der Waals surface area contributed by atoms with Gasteiger partial charge in [-0.05, 0) is 43.2 Å². The van der Waals surface area contributed by atoms with E-state index in [0.29, 0.717) is 24.1 Å². The molecule has 10 heteroatoms. The van der Waals surface area contributed by atoms with Crippen molar-refractivity contribution in [2.75, 3.05) is 16.8 Å². The highest BCUT2D eigenvalue weighted by Crippen LogP contribution is 2.27. The van der Waals surface area contributed by atoms with Crippen LogP contribution in [0, 0.1) is 11.7 Å². The molecule has 0 radical (unpaired) electrons. The minimum absolute atomic E-state index is 0.0790. The maximum Gasteiger partial charge on any atom is 0.415 e. The Balaban J connectivity index is 1.43. The molecule has 0 saturated carbocycles. The lowest BCUT2D eigenvalue weighted by molar-refractivity contribution is 0.177. The van der Waals surface area contributed by atoms with E-state index in [9.17, 15) is 9.18 Å². The van der Waals surface area contributed by atoms with Crippen molar-refractivity contribution in [2.24, 2.45) is 5.92 Å². The van der Waals surface area contributed by atoms with E-state index in [4.69, 9.17) is 9.47 Å². The topological polar surface area (TPSA) is 102 Å². The van der Waals surface area contributed by atoms with Crippen molar-refractivity contribution < 1.29 is 18.7 Å². The van der Waals surface area contributed by atoms with Crippen LogP contribution in [0.2, 0.25) is 0 Å². The Bertz CT molecular complexity index is 1080. The third-order valence-corrected chi connectivity index (χ3v) is 5.08. The molecular formula is C22H23FN6O3. The van der Waals surface area contributed by atoms with E-state index in [1.165, 1.54) is 24.3 Å². The van der Waals surface area contributed by atoms with Gasteiger partial charge in [0.05, 0.1) is 12.1 Å². The molecule has 0 spiro atoms. The second kappa shape index (κ2) is 9.13. The number of carbonyl (C=O) groups is 1. The zero-order valence-electron chi connectivity index (χ0n) is 17.9. The number of aromatic nitrogens is 4. The van der Waals surface area contributed by atoms with Crippen LogP contribution in [0.1, 0.15) is 32.4 Å². The monoisotopic (exact) mass is 438 g/mol. The lowest BCUT2D eigenvalue weighted by Crippen LogP contribution is -2.37. The summed E-state index contributed by atoms with van der Waals surface area (Å²) in [6.45, 7) is 6.32. The van der Waals surface area contributed by atoms with E-state index in [2.05, 4.69) is 25.3 Å². The fraction of sp³-hybridized carbons (Fsp3) is 0.318. The van der Waals surface area contributed by atoms with Crippen LogP contribution in [-0.4, -0.2) is 38.7 Å². The van der Waals surface area contributed by atoms with Crippen molar-refractivity contribution in [1.82, 2.24) is 19.9 Å². The number of hydrogen-bond acceptors (Lipinski definition) is 8. The van der Waals surface area contributed by atoms with Gasteiger partial charge < -0.3 is 14.8 Å². The number of cyclic esters (lactones) is 1. The molecule has 166 valence electrons. The lowest BCUT2D eigenvalue weighted by Gasteiger charge is -2.23. The van der Waals surface area contributed by atoms with Gasteiger partial charge in [-0.15, -0.1) is 0 Å². The van der Waals surface area contributed by atoms with Crippen molar-refractivity contribution in [3.63, 3.8) is 0 Å². The first-order valence-electron chi connectivity index (χ1n) is 10.2. The molecule has 32 heavy (non-hydrogen) atoms. The van der Waals surface area contributed by atoms with Gasteiger partial charge in [0.2, 0.25) is 5.95 Å². The third kappa shape index (κ3) is 4.74. The molecule has 1 N–H and O–H groups in total. The van der Waals surface area contributed by atoms with Crippen molar-refractivity contribution in [3.8, 4) is 11.8 Å². The quantitative estimate of drug-likeness (QED) is 0.581. The first kappa shape index (κ1) is 21.4. The lowest BCUT2D eigenvalue weighted by atomic mass is 10.0. The Morgan fingerprint density at radius 1 is 1.12 bits per heavy atom. The maximum atomic E-state index is 13.0. The molecule has 0 unspecified atom stereocenters. The van der Waals surface area contributed by atoms with E-state index >= 15 is 0 Å². The fourth-order valence-electron chi connectivity index (χ4n) is 3.23. The number of amides is 1. The molecule has 1 aromatic carbocycles. The number of benzene rings is 1. The largest absolute Gasteiger partial charge is 0.447 e. The summed E-state index contributed by atoms with van der Waals surface area (Å²) in [6, 6.07) is 7.15. The predicted octanol–water partition coefficient (Wildman–Crippen LogP) is 4.35. The molecule has 1 aliphatic heterocycles. The highest BCUT2D eigenvalue weighted by molar-refractivity contribution is 5.89. The van der Waals surface area contributed by atoms with E-state index in [-0.39, 0.29) is 29.8 Å². The smallest absolute Gasteiger partial charge is 0.415 e. The van der Waals surface area contributed by atoms with E-state index in [0.717, 1.165) is 5.56 Å². The summed E-state index contributed by atoms with van der Waals surface area (Å²) in [6.07, 6.45) is 4.43. The summed E-state index contributed by atoms with van der Waals surface area (Å²) in [5.41, 5.74) is 0.783. The Kier molecular flexibility index (Phi) is 6.11. The van der Waals surface area contributed by atoms with Crippen LogP contribution >= 0.6 is 0 Å². The molecule has 2 atom stereocenters. The van der Waals surface area contributed by atoms with Gasteiger partial charge in [-0.2, -0.15) is 4.98 Å². The molecule has 4 rings (SSSR count). The predicted molar refractivity (Wildman–Crippen MR) is 115 cm³/mol. The van der Waals surface area contributed by atoms with Crippen LogP contribution in [0.3, 0.4) is 0 Å². The summed E-state index contributed by atoms with van der Waals surface area (Å²) in [4.78, 5) is 30.9. The normalized spacial score (nSPS) is 16.7. The van der Waals surface area contributed by atoms with Gasteiger partial charge in [0.15, 0.2) is 0 Å². The van der Waals surface area contributed by atoms with Gasteiger partial charge in [0.25, 0.3) is 0 Å². The van der Waals surface area contributed by atoms with Gasteiger partial charge in [-0.1, -0.05) is 13.8 Å². The van der Waals surface area contributed by atoms with Gasteiger partial charge in [0.1, 0.15) is 24.0 Å². The number of ether oxygens (including phenoxy) is 2. The van der Waals surface area contributed by atoms with Crippen LogP contribution < -0.4 is 15.0 Å². The number of nitrogens with zero attached hydrogens (tertiary/aromatic N) is 5. The number of nitrogens with one attached hydrogen (secondary N) is 1. The average molecular weight is 438 g/mol. The number of rotatable bonds is 7. The SMILES string of the molecule is CC(C)[C@H]1COC(=O)N1c1ccnc(N[C@H](C)c2cnc(Oc3ccc(F)cc3)nc2)n1. The summed E-state index contributed by atoms with van der Waals surface area (Å²) < 4.78 is 23.7. The second-order valence-electron chi connectivity index (χ2n) is 7.72. The number of anilines is 2. The number of halogens is 1. The Hall–Kier alpha value is -3.82. The van der Waals surface area contributed by atoms with Crippen molar-refractivity contribution in [1.29, 1.82) is 0 Å². The third-order valence-electron chi connectivity index (χ3n) is 5.08. The summed E-state index contributed by atoms with van der Waals surface area (Å²) in [5, 5.41) is 3.19. The first-order valence-corrected chi connectivity index (χ1v) is 10.2. The Morgan fingerprint density at radius 3 is 2.53 bits per heavy atom. The molecule has 1 fully saturated rings. The first-order chi connectivity index (χ1) is 15.4. The Morgan fingerprint density at radius 2 is 1.84 bits per heavy atom. The molecule has 3 heterocycles. The highest BCUT2D eigenvalue weighted by Gasteiger charge is 2.37. The average Bonchev–Trinajstić information content (AvgIpc) is 3.18. The van der Waals surface area contributed by atoms with Crippen LogP contribution in [-0.2, 0) is 4.74 Å². The van der Waals surface area contributed by atoms with Crippen LogP contribution in [0.25, 0.3) is 0 Å². The van der Waals surface area contributed by atoms with Crippen LogP contribution in [0.5, 0.6) is 11.8 Å². The summed E-state index contributed by atoms with van der Waals surface area (Å²) in [7, 11) is 0. The standard InChI is InChI=1S/C22H23FN6O3/c1-13(2)18-12-31-22(30)29(18)19-8-9-24-20(28-19)27-14(3)15-10-25-21(26-11-15)32-17-6-4-16(23)5-7-17/h4-11,13-14,18H,12H2,1-3H3,(H,24,27,28)/t14-,18-/m1/s1. The molecule has 0 bridgehead atoms. The number of hydrogen-bond donors (Lipinski definition) is 1. The number of carbonyl (C=O) groups excluding carboxylic acids is 1. The van der Waals surface area contributed by atoms with Gasteiger partial charge >= 0.3 is 12.1 Å². The van der Waals surface area contributed by atoms with Crippen molar-refractivity contribution in [3.05, 3.63) is 60.3 Å². The molecule has 1 saturated heterocycles. The summed E-state index contributed by atoms with van der Waals surface area (Å²) >= 11 is 0. The van der Waals surface area contributed by atoms with Crippen LogP contribution in [0.4, 0.5) is 21.0 Å². The zero-order chi connectivity index (χ0) is 22.7. The molecule has 1 aliphatic rings. The van der Waals surface area contributed by atoms with E-state index < -0.39 is 6.09 Å². The molecule has 0 aliphatic carbocycles. The van der Waals surface area contributed by atoms with Crippen molar-refractivity contribution in [2.45, 2.75) is 32.9 Å². The van der Waals surface area contributed by atoms with E-state index in [1.807, 2.05) is 20.8 Å². The maximum absolute atomic E-state index is 13.0. The van der Waals surface area contributed by atoms with Crippen molar-refractivity contribution >= 4 is 17.9 Å². The highest BCUT2D eigenvalue weighted by atomic mass is 19.1. The van der Waals surface area contributed by atoms with Crippen LogP contribution in [0.15, 0.2) is 48.9 Å². The Labute approximate surface area is 184 Å². The van der Waals surface area contributed by atoms with E-state index in [1.54, 1.807) is 29.6 Å². The fourth-order valence-corrected chi connectivity index (χ4v) is 3.23. The second-order valence-corrected chi connectivity index (χ2v) is 7.72. The van der Waals surface area contributed by atoms with Gasteiger partial charge in [-0.25, -0.2) is 24.1 Å². The molecule has 1 amide bonds. The minimum atomic E-state index is -0.411. The molecule has 2 aromatic heterocycles. The molecular weight excluding hydrogens is 415 g/mol. The van der Waals surface area contributed by atoms with Gasteiger partial charge in [-0.3, -0.25) is 4.90 Å². The zero-order valence-corrected chi connectivity index (χ0v) is 17.9. The minimum Gasteiger partial charge on any atom is -0.447 e. The molecule has 3 aromatic rings. The van der Waals surface area contributed by atoms with Gasteiger partial charge in [0, 0.05) is 24.2 Å².